The van der Waals surface area contributed by atoms with Crippen LogP contribution < -0.4 is 0 Å². The van der Waals surface area contributed by atoms with Crippen LogP contribution in [0.3, 0.4) is 0 Å². The van der Waals surface area contributed by atoms with E-state index in [1.807, 2.05) is 0 Å². The van der Waals surface area contributed by atoms with Crippen LogP contribution in [0.4, 0.5) is 65.9 Å². The molecule has 3 unspecified atom stereocenters. The van der Waals surface area contributed by atoms with Crippen molar-refractivity contribution < 1.29 is 79.1 Å². The molecule has 0 aliphatic heterocycles. The lowest BCUT2D eigenvalue weighted by Crippen LogP contribution is -2.74. The van der Waals surface area contributed by atoms with Crippen LogP contribution in [0.15, 0.2) is 0 Å². The van der Waals surface area contributed by atoms with Crippen LogP contribution in [-0.4, -0.2) is 84.3 Å². The highest BCUT2D eigenvalue weighted by molar-refractivity contribution is 6.62. The topological polar surface area (TPSA) is 27.7 Å². The molecular weight excluding hydrogens is 505 g/mol. The molecule has 0 heterocycles. The third-order valence-electron chi connectivity index (χ3n) is 3.97. The van der Waals surface area contributed by atoms with Gasteiger partial charge in [0.05, 0.1) is 0 Å². The lowest BCUT2D eigenvalue weighted by molar-refractivity contribution is -0.413. The van der Waals surface area contributed by atoms with E-state index in [0.29, 0.717) is 21.3 Å². The fourth-order valence-electron chi connectivity index (χ4n) is 2.06. The van der Waals surface area contributed by atoms with Crippen molar-refractivity contribution in [3.63, 3.8) is 0 Å². The molecule has 31 heavy (non-hydrogen) atoms. The summed E-state index contributed by atoms with van der Waals surface area (Å²) in [5.74, 6) is -43.0. The third kappa shape index (κ3) is 4.33. The number of alkyl halides is 15. The molecule has 0 aromatic carbocycles. The molecule has 0 spiro atoms. The Morgan fingerprint density at radius 3 is 1.16 bits per heavy atom. The van der Waals surface area contributed by atoms with Crippen LogP contribution in [0.1, 0.15) is 0 Å². The van der Waals surface area contributed by atoms with Crippen LogP contribution in [-0.2, 0) is 13.3 Å². The van der Waals surface area contributed by atoms with Crippen molar-refractivity contribution in [1.82, 2.24) is 0 Å². The molecule has 19 heteroatoms. The van der Waals surface area contributed by atoms with Gasteiger partial charge in [0.1, 0.15) is 0 Å². The zero-order chi connectivity index (χ0) is 25.4. The minimum absolute atomic E-state index is 0.292. The first-order chi connectivity index (χ1) is 13.6. The van der Waals surface area contributed by atoms with Gasteiger partial charge in [0.15, 0.2) is 6.17 Å². The standard InChI is InChI=1S/C12H13F15O3Si/c1-28-31(29-2,30-3)7(17)9(20,21)11(24,25)12(26,27)10(22,23)8(18,19)5(14)4(13)6(15)16/h4-7H,1-3H3. The summed E-state index contributed by atoms with van der Waals surface area (Å²) in [5.41, 5.74) is 0. The fourth-order valence-corrected chi connectivity index (χ4v) is 3.80. The van der Waals surface area contributed by atoms with Gasteiger partial charge in [0, 0.05) is 21.3 Å². The van der Waals surface area contributed by atoms with Crippen molar-refractivity contribution in [2.24, 2.45) is 0 Å². The van der Waals surface area contributed by atoms with Crippen molar-refractivity contribution in [2.75, 3.05) is 21.3 Å². The second kappa shape index (κ2) is 9.12. The molecule has 0 aliphatic rings. The van der Waals surface area contributed by atoms with Crippen LogP contribution >= 0.6 is 0 Å². The fraction of sp³-hybridized carbons (Fsp3) is 1.00. The van der Waals surface area contributed by atoms with E-state index in [4.69, 9.17) is 0 Å². The molecule has 3 atom stereocenters. The molecule has 0 amide bonds. The van der Waals surface area contributed by atoms with Gasteiger partial charge < -0.3 is 13.3 Å². The molecule has 0 rings (SSSR count). The highest BCUT2D eigenvalue weighted by Crippen LogP contribution is 2.59. The number of hydrogen-bond donors (Lipinski definition) is 0. The Bertz CT molecular complexity index is 590. The maximum Gasteiger partial charge on any atom is 0.543 e. The van der Waals surface area contributed by atoms with Crippen LogP contribution in [0.2, 0.25) is 0 Å². The Labute approximate surface area is 164 Å². The molecule has 0 aromatic rings. The molecule has 0 fully saturated rings. The average molecular weight is 518 g/mol. The zero-order valence-corrected chi connectivity index (χ0v) is 16.2. The molecule has 0 aromatic heterocycles. The highest BCUT2D eigenvalue weighted by Gasteiger charge is 2.90. The molecule has 0 saturated heterocycles. The number of hydrogen-bond acceptors (Lipinski definition) is 3. The van der Waals surface area contributed by atoms with Gasteiger partial charge in [-0.1, -0.05) is 0 Å². The van der Waals surface area contributed by atoms with Crippen molar-refractivity contribution in [3.8, 4) is 0 Å². The van der Waals surface area contributed by atoms with E-state index in [1.165, 1.54) is 0 Å². The summed E-state index contributed by atoms with van der Waals surface area (Å²) in [6.07, 6.45) is -15.3. The Kier molecular flexibility index (Phi) is 8.84. The second-order valence-electron chi connectivity index (χ2n) is 5.73. The SMILES string of the molecule is CO[Si](OC)(OC)C(F)C(F)(F)C(F)(F)C(F)(F)C(F)(F)C(F)(F)C(F)C(F)C(F)F. The minimum Gasteiger partial charge on any atom is -0.375 e. The lowest BCUT2D eigenvalue weighted by Gasteiger charge is -2.42. The van der Waals surface area contributed by atoms with Gasteiger partial charge in [-0.2, -0.15) is 43.9 Å². The predicted molar refractivity (Wildman–Crippen MR) is 72.2 cm³/mol. The maximum atomic E-state index is 14.1. The molecule has 188 valence electrons. The van der Waals surface area contributed by atoms with Gasteiger partial charge in [-0.25, -0.2) is 22.0 Å². The van der Waals surface area contributed by atoms with E-state index < -0.39 is 63.0 Å². The molecular formula is C12H13F15O3Si. The Morgan fingerprint density at radius 2 is 0.871 bits per heavy atom. The van der Waals surface area contributed by atoms with Gasteiger partial charge in [0.2, 0.25) is 12.0 Å². The summed E-state index contributed by atoms with van der Waals surface area (Å²) in [5, 5.41) is 0. The summed E-state index contributed by atoms with van der Waals surface area (Å²) in [7, 11) is -4.82. The average Bonchev–Trinajstić information content (AvgIpc) is 2.67. The summed E-state index contributed by atoms with van der Waals surface area (Å²) in [6, 6.07) is 0. The Hall–Kier alpha value is -0.953. The molecule has 0 aliphatic carbocycles. The lowest BCUT2D eigenvalue weighted by atomic mass is 9.91. The first-order valence-electron chi connectivity index (χ1n) is 7.35. The van der Waals surface area contributed by atoms with Crippen LogP contribution in [0.25, 0.3) is 0 Å². The Balaban J connectivity index is 6.55. The summed E-state index contributed by atoms with van der Waals surface area (Å²) >= 11 is 0. The van der Waals surface area contributed by atoms with E-state index in [2.05, 4.69) is 13.3 Å². The molecule has 3 nitrogen and oxygen atoms in total. The van der Waals surface area contributed by atoms with Crippen molar-refractivity contribution in [2.45, 2.75) is 54.2 Å². The van der Waals surface area contributed by atoms with Gasteiger partial charge in [-0.05, 0) is 0 Å². The largest absolute Gasteiger partial charge is 0.543 e. The molecule has 0 radical (unpaired) electrons. The molecule has 0 saturated carbocycles. The molecule has 0 bridgehead atoms. The number of halogens is 15. The minimum atomic E-state index is -8.04. The van der Waals surface area contributed by atoms with E-state index in [9.17, 15) is 65.9 Å². The van der Waals surface area contributed by atoms with Gasteiger partial charge >= 0.3 is 38.4 Å². The Morgan fingerprint density at radius 1 is 0.548 bits per heavy atom. The van der Waals surface area contributed by atoms with E-state index in [1.54, 1.807) is 0 Å². The first-order valence-corrected chi connectivity index (χ1v) is 9.15. The van der Waals surface area contributed by atoms with Gasteiger partial charge in [-0.15, -0.1) is 0 Å². The first kappa shape index (κ1) is 30.0. The van der Waals surface area contributed by atoms with Crippen molar-refractivity contribution in [3.05, 3.63) is 0 Å². The quantitative estimate of drug-likeness (QED) is 0.273. The maximum absolute atomic E-state index is 14.1. The van der Waals surface area contributed by atoms with Crippen molar-refractivity contribution >= 4 is 8.80 Å². The predicted octanol–water partition coefficient (Wildman–Crippen LogP) is 4.86. The third-order valence-corrected chi connectivity index (χ3v) is 6.67. The number of rotatable bonds is 12. The van der Waals surface area contributed by atoms with Crippen molar-refractivity contribution in [1.29, 1.82) is 0 Å². The van der Waals surface area contributed by atoms with E-state index in [0.717, 1.165) is 0 Å². The van der Waals surface area contributed by atoms with E-state index >= 15 is 0 Å². The monoisotopic (exact) mass is 518 g/mol. The summed E-state index contributed by atoms with van der Waals surface area (Å²) in [6.45, 7) is 0. The van der Waals surface area contributed by atoms with Gasteiger partial charge in [0.25, 0.3) is 6.43 Å². The summed E-state index contributed by atoms with van der Waals surface area (Å²) < 4.78 is 212. The van der Waals surface area contributed by atoms with Crippen LogP contribution in [0.5, 0.6) is 0 Å². The zero-order valence-electron chi connectivity index (χ0n) is 15.2. The summed E-state index contributed by atoms with van der Waals surface area (Å²) in [4.78, 5) is 0. The second-order valence-corrected chi connectivity index (χ2v) is 8.67. The van der Waals surface area contributed by atoms with Gasteiger partial charge in [-0.3, -0.25) is 0 Å². The van der Waals surface area contributed by atoms with Crippen LogP contribution in [0, 0.1) is 0 Å². The van der Waals surface area contributed by atoms with E-state index in [-0.39, 0.29) is 0 Å². The smallest absolute Gasteiger partial charge is 0.375 e. The highest BCUT2D eigenvalue weighted by atomic mass is 28.4. The normalized spacial score (nSPS) is 18.3. The molecule has 0 N–H and O–H groups in total.